The number of ether oxygens (including phenoxy) is 1. The minimum absolute atomic E-state index is 0.133. The smallest absolute Gasteiger partial charge is 0.287 e. The van der Waals surface area contributed by atoms with E-state index in [0.717, 1.165) is 16.6 Å². The molecule has 0 aliphatic rings. The zero-order chi connectivity index (χ0) is 17.3. The number of pyridine rings is 1. The van der Waals surface area contributed by atoms with Gasteiger partial charge in [-0.05, 0) is 37.6 Å². The molecule has 0 fully saturated rings. The van der Waals surface area contributed by atoms with Crippen molar-refractivity contribution in [2.75, 3.05) is 7.11 Å². The van der Waals surface area contributed by atoms with Gasteiger partial charge in [0, 0.05) is 23.2 Å². The number of hydrogen-bond acceptors (Lipinski definition) is 4. The molecule has 0 bridgehead atoms. The van der Waals surface area contributed by atoms with Crippen LogP contribution in [0.2, 0.25) is 0 Å². The number of fused-ring (bicyclic) bond motifs is 1. The molecule has 6 heteroatoms. The van der Waals surface area contributed by atoms with Gasteiger partial charge in [0.1, 0.15) is 0 Å². The van der Waals surface area contributed by atoms with Crippen molar-refractivity contribution >= 4 is 16.9 Å². The van der Waals surface area contributed by atoms with Crippen LogP contribution in [0, 0.1) is 13.8 Å². The normalized spacial score (nSPS) is 10.8. The summed E-state index contributed by atoms with van der Waals surface area (Å²) in [7, 11) is 1.55. The van der Waals surface area contributed by atoms with Crippen molar-refractivity contribution in [3.8, 4) is 5.75 Å². The van der Waals surface area contributed by atoms with E-state index in [1.54, 1.807) is 19.2 Å². The Balaban J connectivity index is 1.82. The molecule has 6 nitrogen and oxygen atoms in total. The quantitative estimate of drug-likeness (QED) is 0.772. The average Bonchev–Trinajstić information content (AvgIpc) is 2.97. The number of nitrogens with one attached hydrogen (secondary N) is 2. The van der Waals surface area contributed by atoms with E-state index in [9.17, 15) is 9.59 Å². The van der Waals surface area contributed by atoms with E-state index in [4.69, 9.17) is 9.15 Å². The molecule has 124 valence electrons. The zero-order valence-corrected chi connectivity index (χ0v) is 13.7. The van der Waals surface area contributed by atoms with Gasteiger partial charge in [0.25, 0.3) is 11.5 Å². The van der Waals surface area contributed by atoms with E-state index in [1.807, 2.05) is 32.0 Å². The van der Waals surface area contributed by atoms with Crippen molar-refractivity contribution in [1.82, 2.24) is 10.3 Å². The fourth-order valence-corrected chi connectivity index (χ4v) is 2.67. The van der Waals surface area contributed by atoms with E-state index in [2.05, 4.69) is 10.3 Å². The van der Waals surface area contributed by atoms with Crippen molar-refractivity contribution in [1.29, 1.82) is 0 Å². The van der Waals surface area contributed by atoms with Crippen molar-refractivity contribution in [2.24, 2.45) is 0 Å². The summed E-state index contributed by atoms with van der Waals surface area (Å²) in [6.45, 7) is 3.79. The Bertz CT molecular complexity index is 969. The number of carbonyl (C=O) groups excluding carboxylic acids is 1. The first-order valence-electron chi connectivity index (χ1n) is 7.53. The maximum absolute atomic E-state index is 12.3. The van der Waals surface area contributed by atoms with Gasteiger partial charge >= 0.3 is 0 Å². The predicted octanol–water partition coefficient (Wildman–Crippen LogP) is 2.68. The molecule has 0 aliphatic carbocycles. The number of amides is 1. The monoisotopic (exact) mass is 326 g/mol. The Kier molecular flexibility index (Phi) is 4.12. The number of H-pyrrole nitrogens is 1. The molecule has 3 rings (SSSR count). The fraction of sp³-hybridized carbons (Fsp3) is 0.222. The minimum Gasteiger partial charge on any atom is -0.493 e. The second-order valence-corrected chi connectivity index (χ2v) is 5.61. The molecule has 0 spiro atoms. The number of aromatic nitrogens is 1. The lowest BCUT2D eigenvalue weighted by atomic mass is 10.1. The van der Waals surface area contributed by atoms with Gasteiger partial charge in [0.05, 0.1) is 7.11 Å². The number of aryl methyl sites for hydroxylation is 2. The van der Waals surface area contributed by atoms with Crippen LogP contribution in [0.5, 0.6) is 5.75 Å². The van der Waals surface area contributed by atoms with Crippen LogP contribution in [0.3, 0.4) is 0 Å². The third-order valence-electron chi connectivity index (χ3n) is 3.87. The van der Waals surface area contributed by atoms with Crippen molar-refractivity contribution in [3.63, 3.8) is 0 Å². The van der Waals surface area contributed by atoms with Gasteiger partial charge in [-0.1, -0.05) is 12.1 Å². The minimum atomic E-state index is -0.382. The highest BCUT2D eigenvalue weighted by atomic mass is 16.5. The molecule has 0 saturated carbocycles. The summed E-state index contributed by atoms with van der Waals surface area (Å²) >= 11 is 0. The Morgan fingerprint density at radius 2 is 2.08 bits per heavy atom. The molecule has 2 aromatic heterocycles. The molecule has 1 amide bonds. The molecule has 0 unspecified atom stereocenters. The summed E-state index contributed by atoms with van der Waals surface area (Å²) in [6.07, 6.45) is 0. The van der Waals surface area contributed by atoms with E-state index in [1.165, 1.54) is 0 Å². The van der Waals surface area contributed by atoms with Crippen LogP contribution in [0.15, 0.2) is 39.5 Å². The molecule has 3 aromatic rings. The van der Waals surface area contributed by atoms with Gasteiger partial charge in [-0.15, -0.1) is 0 Å². The Labute approximate surface area is 138 Å². The Morgan fingerprint density at radius 3 is 2.79 bits per heavy atom. The number of para-hydroxylation sites is 1. The van der Waals surface area contributed by atoms with E-state index in [0.29, 0.717) is 16.9 Å². The number of furan rings is 1. The summed E-state index contributed by atoms with van der Waals surface area (Å²) in [5, 5.41) is 3.50. The summed E-state index contributed by atoms with van der Waals surface area (Å²) < 4.78 is 10.8. The van der Waals surface area contributed by atoms with Crippen LogP contribution in [-0.2, 0) is 6.54 Å². The third-order valence-corrected chi connectivity index (χ3v) is 3.87. The molecule has 2 N–H and O–H groups in total. The fourth-order valence-electron chi connectivity index (χ4n) is 2.67. The second kappa shape index (κ2) is 6.23. The van der Waals surface area contributed by atoms with Gasteiger partial charge in [0.2, 0.25) is 0 Å². The lowest BCUT2D eigenvalue weighted by molar-refractivity contribution is 0.0925. The van der Waals surface area contributed by atoms with Crippen LogP contribution in [0.1, 0.15) is 27.4 Å². The van der Waals surface area contributed by atoms with Gasteiger partial charge in [-0.2, -0.15) is 0 Å². The summed E-state index contributed by atoms with van der Waals surface area (Å²) in [4.78, 5) is 27.0. The Morgan fingerprint density at radius 1 is 1.29 bits per heavy atom. The van der Waals surface area contributed by atoms with Gasteiger partial charge in [0.15, 0.2) is 17.1 Å². The van der Waals surface area contributed by atoms with Crippen molar-refractivity contribution < 1.29 is 13.9 Å². The number of carbonyl (C=O) groups is 1. The van der Waals surface area contributed by atoms with Gasteiger partial charge < -0.3 is 19.5 Å². The van der Waals surface area contributed by atoms with Crippen molar-refractivity contribution in [2.45, 2.75) is 20.4 Å². The zero-order valence-electron chi connectivity index (χ0n) is 13.7. The van der Waals surface area contributed by atoms with Crippen molar-refractivity contribution in [3.05, 3.63) is 63.3 Å². The highest BCUT2D eigenvalue weighted by Crippen LogP contribution is 2.28. The van der Waals surface area contributed by atoms with Gasteiger partial charge in [-0.25, -0.2) is 0 Å². The first kappa shape index (κ1) is 15.9. The molecule has 0 saturated heterocycles. The molecule has 2 heterocycles. The Hall–Kier alpha value is -3.02. The lowest BCUT2D eigenvalue weighted by Crippen LogP contribution is -2.27. The van der Waals surface area contributed by atoms with E-state index >= 15 is 0 Å². The van der Waals surface area contributed by atoms with Crippen LogP contribution < -0.4 is 15.6 Å². The number of aromatic amines is 1. The second-order valence-electron chi connectivity index (χ2n) is 5.61. The van der Waals surface area contributed by atoms with Crippen LogP contribution >= 0.6 is 0 Å². The number of benzene rings is 1. The standard InChI is InChI=1S/C18H18N2O4/c1-10-7-11(2)20-17(21)13(10)9-19-18(22)15-8-12-5-4-6-14(23-3)16(12)24-15/h4-8H,9H2,1-3H3,(H,19,22)(H,20,21). The molecule has 0 aliphatic heterocycles. The highest BCUT2D eigenvalue weighted by Gasteiger charge is 2.15. The third kappa shape index (κ3) is 2.90. The molecular weight excluding hydrogens is 308 g/mol. The van der Waals surface area contributed by atoms with Crippen LogP contribution in [0.25, 0.3) is 11.0 Å². The number of methoxy groups -OCH3 is 1. The van der Waals surface area contributed by atoms with Crippen LogP contribution in [0.4, 0.5) is 0 Å². The molecule has 0 atom stereocenters. The maximum Gasteiger partial charge on any atom is 0.287 e. The molecule has 0 radical (unpaired) electrons. The predicted molar refractivity (Wildman–Crippen MR) is 90.5 cm³/mol. The molecule has 1 aromatic carbocycles. The largest absolute Gasteiger partial charge is 0.493 e. The maximum atomic E-state index is 12.3. The number of hydrogen-bond donors (Lipinski definition) is 2. The topological polar surface area (TPSA) is 84.3 Å². The lowest BCUT2D eigenvalue weighted by Gasteiger charge is -2.07. The average molecular weight is 326 g/mol. The SMILES string of the molecule is COc1cccc2cc(C(=O)NCc3c(C)cc(C)[nH]c3=O)oc12. The molecular formula is C18H18N2O4. The number of rotatable bonds is 4. The summed E-state index contributed by atoms with van der Waals surface area (Å²) in [5.41, 5.74) is 2.48. The van der Waals surface area contributed by atoms with Gasteiger partial charge in [-0.3, -0.25) is 9.59 Å². The first-order chi connectivity index (χ1) is 11.5. The first-order valence-corrected chi connectivity index (χ1v) is 7.53. The highest BCUT2D eigenvalue weighted by molar-refractivity contribution is 5.97. The molecule has 24 heavy (non-hydrogen) atoms. The summed E-state index contributed by atoms with van der Waals surface area (Å²) in [6, 6.07) is 8.96. The van der Waals surface area contributed by atoms with E-state index < -0.39 is 0 Å². The summed E-state index contributed by atoms with van der Waals surface area (Å²) in [5.74, 6) is 0.362. The van der Waals surface area contributed by atoms with E-state index in [-0.39, 0.29) is 23.8 Å². The van der Waals surface area contributed by atoms with Crippen LogP contribution in [-0.4, -0.2) is 18.0 Å².